The lowest BCUT2D eigenvalue weighted by Gasteiger charge is -2.24. The molecule has 2 heterocycles. The van der Waals surface area contributed by atoms with Crippen LogP contribution in [0, 0.1) is 5.92 Å². The molecule has 1 N–H and O–H groups in total. The second-order valence-electron chi connectivity index (χ2n) is 5.75. The van der Waals surface area contributed by atoms with Crippen molar-refractivity contribution in [3.05, 3.63) is 5.82 Å². The van der Waals surface area contributed by atoms with Crippen LogP contribution in [0.15, 0.2) is 0 Å². The van der Waals surface area contributed by atoms with Gasteiger partial charge in [0.05, 0.1) is 0 Å². The zero-order chi connectivity index (χ0) is 12.2. The van der Waals surface area contributed by atoms with Crippen LogP contribution in [0.3, 0.4) is 0 Å². The second-order valence-corrected chi connectivity index (χ2v) is 5.75. The van der Waals surface area contributed by atoms with Gasteiger partial charge in [-0.05, 0) is 55.1 Å². The molecule has 1 saturated carbocycles. The summed E-state index contributed by atoms with van der Waals surface area (Å²) in [5, 5.41) is 15.8. The molecule has 1 saturated heterocycles. The van der Waals surface area contributed by atoms with Crippen molar-refractivity contribution in [3.63, 3.8) is 0 Å². The molecule has 18 heavy (non-hydrogen) atoms. The Morgan fingerprint density at radius 3 is 2.61 bits per heavy atom. The fourth-order valence-electron chi connectivity index (χ4n) is 3.30. The van der Waals surface area contributed by atoms with Crippen molar-refractivity contribution in [1.29, 1.82) is 0 Å². The van der Waals surface area contributed by atoms with Gasteiger partial charge in [0.25, 0.3) is 0 Å². The smallest absolute Gasteiger partial charge is 0.154 e. The maximum absolute atomic E-state index is 4.29. The van der Waals surface area contributed by atoms with Crippen molar-refractivity contribution in [2.24, 2.45) is 5.92 Å². The fraction of sp³-hybridized carbons (Fsp3) is 0.923. The van der Waals surface area contributed by atoms with Crippen LogP contribution < -0.4 is 5.32 Å². The van der Waals surface area contributed by atoms with E-state index in [0.717, 1.165) is 31.4 Å². The highest BCUT2D eigenvalue weighted by molar-refractivity contribution is 4.95. The molecule has 5 nitrogen and oxygen atoms in total. The third kappa shape index (κ3) is 2.71. The first-order valence-corrected chi connectivity index (χ1v) is 7.40. The minimum absolute atomic E-state index is 0.607. The van der Waals surface area contributed by atoms with E-state index >= 15 is 0 Å². The van der Waals surface area contributed by atoms with Crippen LogP contribution >= 0.6 is 0 Å². The lowest BCUT2D eigenvalue weighted by Crippen LogP contribution is -2.30. The topological polar surface area (TPSA) is 55.6 Å². The lowest BCUT2D eigenvalue weighted by atomic mass is 9.88. The summed E-state index contributed by atoms with van der Waals surface area (Å²) in [6.07, 6.45) is 9.11. The predicted octanol–water partition coefficient (Wildman–Crippen LogP) is 1.72. The van der Waals surface area contributed by atoms with Gasteiger partial charge in [0.2, 0.25) is 0 Å². The first kappa shape index (κ1) is 12.1. The molecule has 0 atom stereocenters. The third-order valence-electron chi connectivity index (χ3n) is 4.42. The van der Waals surface area contributed by atoms with E-state index in [1.54, 1.807) is 0 Å². The van der Waals surface area contributed by atoms with Crippen molar-refractivity contribution in [3.8, 4) is 0 Å². The van der Waals surface area contributed by atoms with Crippen LogP contribution in [0.1, 0.15) is 56.7 Å². The van der Waals surface area contributed by atoms with E-state index in [-0.39, 0.29) is 0 Å². The van der Waals surface area contributed by atoms with E-state index in [2.05, 4.69) is 25.5 Å². The molecule has 0 bridgehead atoms. The lowest BCUT2D eigenvalue weighted by molar-refractivity contribution is 0.305. The second kappa shape index (κ2) is 5.78. The Morgan fingerprint density at radius 2 is 1.83 bits per heavy atom. The Morgan fingerprint density at radius 1 is 1.06 bits per heavy atom. The van der Waals surface area contributed by atoms with Gasteiger partial charge in [-0.3, -0.25) is 0 Å². The Balaban J connectivity index is 1.66. The molecule has 0 radical (unpaired) electrons. The summed E-state index contributed by atoms with van der Waals surface area (Å²) in [6.45, 7) is 3.30. The summed E-state index contributed by atoms with van der Waals surface area (Å²) >= 11 is 0. The SMILES string of the molecule is C1CCC(c2nnnn2CC2CCNCC2)CC1. The minimum Gasteiger partial charge on any atom is -0.317 e. The summed E-state index contributed by atoms with van der Waals surface area (Å²) in [6, 6.07) is 0. The predicted molar refractivity (Wildman–Crippen MR) is 69.2 cm³/mol. The summed E-state index contributed by atoms with van der Waals surface area (Å²) in [4.78, 5) is 0. The number of aromatic nitrogens is 4. The normalized spacial score (nSPS) is 23.3. The molecule has 2 aliphatic rings. The highest BCUT2D eigenvalue weighted by atomic mass is 15.5. The largest absolute Gasteiger partial charge is 0.317 e. The summed E-state index contributed by atoms with van der Waals surface area (Å²) in [5.74, 6) is 2.50. The van der Waals surface area contributed by atoms with Gasteiger partial charge in [0.1, 0.15) is 0 Å². The average molecular weight is 249 g/mol. The van der Waals surface area contributed by atoms with E-state index in [1.807, 2.05) is 0 Å². The standard InChI is InChI=1S/C13H23N5/c1-2-4-12(5-3-1)13-15-16-17-18(13)10-11-6-8-14-9-7-11/h11-12,14H,1-10H2. The van der Waals surface area contributed by atoms with Crippen molar-refractivity contribution < 1.29 is 0 Å². The van der Waals surface area contributed by atoms with Crippen molar-refractivity contribution in [2.75, 3.05) is 13.1 Å². The minimum atomic E-state index is 0.607. The molecule has 1 aromatic heterocycles. The number of tetrazole rings is 1. The number of nitrogens with zero attached hydrogens (tertiary/aromatic N) is 4. The van der Waals surface area contributed by atoms with Gasteiger partial charge in [-0.1, -0.05) is 19.3 Å². The van der Waals surface area contributed by atoms with Crippen LogP contribution in [0.25, 0.3) is 0 Å². The molecule has 1 aliphatic heterocycles. The maximum Gasteiger partial charge on any atom is 0.154 e. The monoisotopic (exact) mass is 249 g/mol. The van der Waals surface area contributed by atoms with Gasteiger partial charge in [0, 0.05) is 12.5 Å². The van der Waals surface area contributed by atoms with E-state index in [0.29, 0.717) is 5.92 Å². The fourth-order valence-corrected chi connectivity index (χ4v) is 3.30. The molecule has 0 unspecified atom stereocenters. The van der Waals surface area contributed by atoms with Crippen LogP contribution in [0.2, 0.25) is 0 Å². The Bertz CT molecular complexity index is 363. The highest BCUT2D eigenvalue weighted by Gasteiger charge is 2.23. The number of hydrogen-bond acceptors (Lipinski definition) is 4. The third-order valence-corrected chi connectivity index (χ3v) is 4.42. The van der Waals surface area contributed by atoms with Gasteiger partial charge in [-0.25, -0.2) is 4.68 Å². The summed E-state index contributed by atoms with van der Waals surface area (Å²) in [5.41, 5.74) is 0. The number of piperidine rings is 1. The van der Waals surface area contributed by atoms with Crippen LogP contribution in [0.4, 0.5) is 0 Å². The van der Waals surface area contributed by atoms with E-state index in [9.17, 15) is 0 Å². The Kier molecular flexibility index (Phi) is 3.88. The number of hydrogen-bond donors (Lipinski definition) is 1. The molecular formula is C13H23N5. The van der Waals surface area contributed by atoms with E-state index < -0.39 is 0 Å². The molecule has 1 aromatic rings. The van der Waals surface area contributed by atoms with Crippen molar-refractivity contribution in [1.82, 2.24) is 25.5 Å². The van der Waals surface area contributed by atoms with Gasteiger partial charge < -0.3 is 5.32 Å². The average Bonchev–Trinajstić information content (AvgIpc) is 2.89. The molecule has 5 heteroatoms. The summed E-state index contributed by atoms with van der Waals surface area (Å²) < 4.78 is 2.09. The zero-order valence-corrected chi connectivity index (χ0v) is 11.0. The molecule has 0 amide bonds. The molecule has 2 fully saturated rings. The van der Waals surface area contributed by atoms with Gasteiger partial charge in [-0.2, -0.15) is 0 Å². The molecule has 0 aromatic carbocycles. The number of rotatable bonds is 3. The molecule has 3 rings (SSSR count). The number of nitrogens with one attached hydrogen (secondary N) is 1. The quantitative estimate of drug-likeness (QED) is 0.886. The van der Waals surface area contributed by atoms with Crippen LogP contribution in [-0.2, 0) is 6.54 Å². The Hall–Kier alpha value is -0.970. The first-order valence-electron chi connectivity index (χ1n) is 7.40. The van der Waals surface area contributed by atoms with E-state index in [4.69, 9.17) is 0 Å². The first-order chi connectivity index (χ1) is 8.93. The van der Waals surface area contributed by atoms with Gasteiger partial charge >= 0.3 is 0 Å². The van der Waals surface area contributed by atoms with Crippen molar-refractivity contribution in [2.45, 2.75) is 57.4 Å². The zero-order valence-electron chi connectivity index (χ0n) is 11.0. The Labute approximate surface area is 108 Å². The maximum atomic E-state index is 4.29. The molecule has 100 valence electrons. The molecule has 1 aliphatic carbocycles. The molecule has 0 spiro atoms. The van der Waals surface area contributed by atoms with Gasteiger partial charge in [-0.15, -0.1) is 5.10 Å². The highest BCUT2D eigenvalue weighted by Crippen LogP contribution is 2.31. The van der Waals surface area contributed by atoms with Crippen molar-refractivity contribution >= 4 is 0 Å². The van der Waals surface area contributed by atoms with E-state index in [1.165, 1.54) is 44.9 Å². The van der Waals surface area contributed by atoms with Crippen LogP contribution in [-0.4, -0.2) is 33.3 Å². The molecular weight excluding hydrogens is 226 g/mol. The van der Waals surface area contributed by atoms with Gasteiger partial charge in [0.15, 0.2) is 5.82 Å². The summed E-state index contributed by atoms with van der Waals surface area (Å²) in [7, 11) is 0. The van der Waals surface area contributed by atoms with Crippen LogP contribution in [0.5, 0.6) is 0 Å².